The first kappa shape index (κ1) is 19.6. The number of sulfonamides is 1. The van der Waals surface area contributed by atoms with Crippen LogP contribution in [0.25, 0.3) is 0 Å². The number of carbonyl (C=O) groups excluding carboxylic acids is 1. The Morgan fingerprint density at radius 1 is 1.11 bits per heavy atom. The summed E-state index contributed by atoms with van der Waals surface area (Å²) in [5.74, 6) is 0.297. The quantitative estimate of drug-likeness (QED) is 0.689. The molecule has 0 saturated carbocycles. The van der Waals surface area contributed by atoms with E-state index in [9.17, 15) is 13.2 Å². The number of ether oxygens (including phenoxy) is 1. The molecule has 2 N–H and O–H groups in total. The second kappa shape index (κ2) is 9.14. The zero-order chi connectivity index (χ0) is 19.1. The summed E-state index contributed by atoms with van der Waals surface area (Å²) < 4.78 is 37.4. The fourth-order valence-corrected chi connectivity index (χ4v) is 3.70. The van der Waals surface area contributed by atoms with E-state index in [-0.39, 0.29) is 17.3 Å². The third kappa shape index (κ3) is 5.64. The van der Waals surface area contributed by atoms with Gasteiger partial charge in [-0.1, -0.05) is 0 Å². The van der Waals surface area contributed by atoms with Crippen LogP contribution in [-0.2, 0) is 21.3 Å². The Labute approximate surface area is 158 Å². The fourth-order valence-electron chi connectivity index (χ4n) is 2.70. The number of nitrogens with zero attached hydrogens (tertiary/aromatic N) is 1. The highest BCUT2D eigenvalue weighted by Gasteiger charge is 2.16. The minimum atomic E-state index is -3.67. The lowest BCUT2D eigenvalue weighted by atomic mass is 10.2. The van der Waals surface area contributed by atoms with Gasteiger partial charge in [0, 0.05) is 31.7 Å². The second-order valence-corrected chi connectivity index (χ2v) is 7.91. The van der Waals surface area contributed by atoms with Crippen molar-refractivity contribution in [1.29, 1.82) is 0 Å². The highest BCUT2D eigenvalue weighted by molar-refractivity contribution is 7.89. The highest BCUT2D eigenvalue weighted by Crippen LogP contribution is 2.12. The Bertz CT molecular complexity index is 828. The van der Waals surface area contributed by atoms with Gasteiger partial charge in [-0.25, -0.2) is 13.1 Å². The minimum Gasteiger partial charge on any atom is -0.468 e. The Morgan fingerprint density at radius 3 is 2.52 bits per heavy atom. The number of benzene rings is 1. The van der Waals surface area contributed by atoms with Crippen LogP contribution in [0.1, 0.15) is 16.1 Å². The molecule has 9 heteroatoms. The summed E-state index contributed by atoms with van der Waals surface area (Å²) in [5, 5.41) is 2.85. The number of nitrogens with one attached hydrogen (secondary N) is 2. The Morgan fingerprint density at radius 2 is 1.85 bits per heavy atom. The van der Waals surface area contributed by atoms with Gasteiger partial charge >= 0.3 is 0 Å². The van der Waals surface area contributed by atoms with Crippen molar-refractivity contribution in [2.24, 2.45) is 0 Å². The summed E-state index contributed by atoms with van der Waals surface area (Å²) in [5.41, 5.74) is 0.418. The summed E-state index contributed by atoms with van der Waals surface area (Å²) in [7, 11) is -3.67. The molecule has 1 fully saturated rings. The zero-order valence-corrected chi connectivity index (χ0v) is 15.7. The van der Waals surface area contributed by atoms with Crippen LogP contribution < -0.4 is 10.0 Å². The molecule has 0 unspecified atom stereocenters. The van der Waals surface area contributed by atoms with Gasteiger partial charge in [0.25, 0.3) is 5.91 Å². The average Bonchev–Trinajstić information content (AvgIpc) is 3.21. The number of furan rings is 1. The number of hydrogen-bond donors (Lipinski definition) is 2. The van der Waals surface area contributed by atoms with E-state index in [0.717, 1.165) is 32.8 Å². The average molecular weight is 393 g/mol. The van der Waals surface area contributed by atoms with Crippen LogP contribution in [0, 0.1) is 0 Å². The van der Waals surface area contributed by atoms with E-state index in [4.69, 9.17) is 9.15 Å². The number of amides is 1. The van der Waals surface area contributed by atoms with Crippen molar-refractivity contribution in [3.05, 3.63) is 54.0 Å². The van der Waals surface area contributed by atoms with E-state index < -0.39 is 10.0 Å². The predicted molar refractivity (Wildman–Crippen MR) is 98.8 cm³/mol. The molecule has 2 heterocycles. The first-order chi connectivity index (χ1) is 13.0. The van der Waals surface area contributed by atoms with Crippen molar-refractivity contribution in [1.82, 2.24) is 14.9 Å². The Balaban J connectivity index is 1.50. The van der Waals surface area contributed by atoms with Crippen molar-refractivity contribution >= 4 is 15.9 Å². The Hall–Kier alpha value is -2.20. The molecule has 2 aromatic rings. The van der Waals surface area contributed by atoms with Gasteiger partial charge in [0.1, 0.15) is 5.76 Å². The summed E-state index contributed by atoms with van der Waals surface area (Å²) >= 11 is 0. The number of hydrogen-bond acceptors (Lipinski definition) is 6. The molecule has 0 spiro atoms. The largest absolute Gasteiger partial charge is 0.468 e. The van der Waals surface area contributed by atoms with Gasteiger partial charge in [-0.2, -0.15) is 0 Å². The summed E-state index contributed by atoms with van der Waals surface area (Å²) in [6, 6.07) is 9.22. The van der Waals surface area contributed by atoms with Gasteiger partial charge in [-0.15, -0.1) is 0 Å². The molecule has 1 saturated heterocycles. The van der Waals surface area contributed by atoms with Gasteiger partial charge < -0.3 is 14.5 Å². The molecule has 1 amide bonds. The van der Waals surface area contributed by atoms with Crippen LogP contribution >= 0.6 is 0 Å². The van der Waals surface area contributed by atoms with Crippen molar-refractivity contribution in [2.75, 3.05) is 39.4 Å². The topological polar surface area (TPSA) is 101 Å². The molecule has 0 bridgehead atoms. The van der Waals surface area contributed by atoms with Gasteiger partial charge in [-0.3, -0.25) is 9.69 Å². The molecule has 1 aromatic carbocycles. The maximum atomic E-state index is 12.3. The Kier molecular flexibility index (Phi) is 6.62. The predicted octanol–water partition coefficient (Wildman–Crippen LogP) is 0.820. The van der Waals surface area contributed by atoms with E-state index >= 15 is 0 Å². The normalized spacial score (nSPS) is 15.6. The molecular weight excluding hydrogens is 370 g/mol. The third-order valence-electron chi connectivity index (χ3n) is 4.26. The maximum absolute atomic E-state index is 12.3. The van der Waals surface area contributed by atoms with Crippen molar-refractivity contribution in [3.8, 4) is 0 Å². The van der Waals surface area contributed by atoms with E-state index in [0.29, 0.717) is 17.9 Å². The van der Waals surface area contributed by atoms with Crippen LogP contribution in [0.2, 0.25) is 0 Å². The van der Waals surface area contributed by atoms with Crippen molar-refractivity contribution < 1.29 is 22.4 Å². The van der Waals surface area contributed by atoms with Gasteiger partial charge in [0.05, 0.1) is 30.9 Å². The van der Waals surface area contributed by atoms with Gasteiger partial charge in [0.2, 0.25) is 10.0 Å². The van der Waals surface area contributed by atoms with Gasteiger partial charge in [0.15, 0.2) is 0 Å². The molecule has 8 nitrogen and oxygen atoms in total. The van der Waals surface area contributed by atoms with Crippen LogP contribution in [0.15, 0.2) is 52.0 Å². The van der Waals surface area contributed by atoms with E-state index in [1.165, 1.54) is 30.5 Å². The number of rotatable bonds is 8. The molecule has 1 aromatic heterocycles. The molecule has 0 radical (unpaired) electrons. The molecule has 27 heavy (non-hydrogen) atoms. The van der Waals surface area contributed by atoms with E-state index in [1.807, 2.05) is 0 Å². The van der Waals surface area contributed by atoms with Crippen molar-refractivity contribution in [3.63, 3.8) is 0 Å². The standard InChI is InChI=1S/C18H23N3O5S/c22-18(19-7-8-21-9-12-25-13-10-21)15-3-5-17(6-4-15)27(23,24)20-14-16-2-1-11-26-16/h1-6,11,20H,7-10,12-14H2,(H,19,22). The van der Waals surface area contributed by atoms with Crippen LogP contribution in [0.4, 0.5) is 0 Å². The molecule has 1 aliphatic heterocycles. The molecule has 0 aliphatic carbocycles. The SMILES string of the molecule is O=C(NCCN1CCOCC1)c1ccc(S(=O)(=O)NCc2ccco2)cc1. The lowest BCUT2D eigenvalue weighted by molar-refractivity contribution is 0.0383. The molecule has 0 atom stereocenters. The van der Waals surface area contributed by atoms with Gasteiger partial charge in [-0.05, 0) is 36.4 Å². The lowest BCUT2D eigenvalue weighted by Gasteiger charge is -2.26. The number of morpholine rings is 1. The zero-order valence-electron chi connectivity index (χ0n) is 14.9. The number of carbonyl (C=O) groups is 1. The maximum Gasteiger partial charge on any atom is 0.251 e. The second-order valence-electron chi connectivity index (χ2n) is 6.14. The highest BCUT2D eigenvalue weighted by atomic mass is 32.2. The van der Waals surface area contributed by atoms with Crippen molar-refractivity contribution in [2.45, 2.75) is 11.4 Å². The first-order valence-electron chi connectivity index (χ1n) is 8.75. The lowest BCUT2D eigenvalue weighted by Crippen LogP contribution is -2.41. The smallest absolute Gasteiger partial charge is 0.251 e. The van der Waals surface area contributed by atoms with Crippen LogP contribution in [0.3, 0.4) is 0 Å². The molecule has 146 valence electrons. The minimum absolute atomic E-state index is 0.0686. The first-order valence-corrected chi connectivity index (χ1v) is 10.2. The molecular formula is C18H23N3O5S. The molecule has 3 rings (SSSR count). The van der Waals surface area contributed by atoms with E-state index in [1.54, 1.807) is 12.1 Å². The summed E-state index contributed by atoms with van der Waals surface area (Å²) in [4.78, 5) is 14.5. The van der Waals surface area contributed by atoms with Crippen LogP contribution in [-0.4, -0.2) is 58.6 Å². The fraction of sp³-hybridized carbons (Fsp3) is 0.389. The third-order valence-corrected chi connectivity index (χ3v) is 5.68. The van der Waals surface area contributed by atoms with E-state index in [2.05, 4.69) is 14.9 Å². The molecule has 1 aliphatic rings. The summed E-state index contributed by atoms with van der Waals surface area (Å²) in [6.07, 6.45) is 1.48. The van der Waals surface area contributed by atoms with Crippen LogP contribution in [0.5, 0.6) is 0 Å². The monoisotopic (exact) mass is 393 g/mol. The summed E-state index contributed by atoms with van der Waals surface area (Å²) in [6.45, 7) is 4.54.